The van der Waals surface area contributed by atoms with E-state index >= 15 is 19.2 Å². The Kier molecular flexibility index (Phi) is 35.3. The molecule has 24 nitrogen and oxygen atoms in total. The molecule has 12 atom stereocenters. The number of nitrogens with one attached hydrogen (secondary N) is 4. The molecule has 522 valence electrons. The zero-order valence-corrected chi connectivity index (χ0v) is 60.3. The molecule has 1 aliphatic rings. The maximum Gasteiger partial charge on any atom is 0.246 e. The minimum Gasteiger partial charge on any atom is -0.390 e. The largest absolute Gasteiger partial charge is 0.390 e. The summed E-state index contributed by atoms with van der Waals surface area (Å²) < 4.78 is 0. The molecule has 5 N–H and O–H groups in total. The zero-order valence-electron chi connectivity index (χ0n) is 60.3. The molecule has 1 unspecified atom stereocenters. The molecule has 0 bridgehead atoms. The molecule has 0 spiro atoms. The van der Waals surface area contributed by atoms with Gasteiger partial charge < -0.3 is 65.6 Å². The van der Waals surface area contributed by atoms with Gasteiger partial charge in [-0.05, 0) is 134 Å². The Bertz CT molecular complexity index is 2450. The normalized spacial score (nSPS) is 26.0. The van der Waals surface area contributed by atoms with E-state index in [2.05, 4.69) is 21.3 Å². The van der Waals surface area contributed by atoms with E-state index in [4.69, 9.17) is 0 Å². The van der Waals surface area contributed by atoms with Gasteiger partial charge in [0.25, 0.3) is 0 Å². The first-order chi connectivity index (χ1) is 42.1. The monoisotopic (exact) mass is 1290 g/mol. The van der Waals surface area contributed by atoms with Crippen LogP contribution in [0.2, 0.25) is 0 Å². The van der Waals surface area contributed by atoms with E-state index in [0.717, 1.165) is 9.80 Å². The van der Waals surface area contributed by atoms with Crippen molar-refractivity contribution in [3.05, 3.63) is 12.2 Å². The van der Waals surface area contributed by atoms with Gasteiger partial charge in [-0.2, -0.15) is 0 Å². The van der Waals surface area contributed by atoms with Crippen molar-refractivity contribution in [3.63, 3.8) is 0 Å². The van der Waals surface area contributed by atoms with Crippen LogP contribution in [0.15, 0.2) is 12.2 Å². The van der Waals surface area contributed by atoms with Crippen molar-refractivity contribution in [2.45, 2.75) is 235 Å². The van der Waals surface area contributed by atoms with Gasteiger partial charge in [-0.1, -0.05) is 109 Å². The molecule has 1 heterocycles. The third-order valence-corrected chi connectivity index (χ3v) is 17.3. The average Bonchev–Trinajstić information content (AvgIpc) is 2.29. The quantitative estimate of drug-likeness (QED) is 0.0853. The highest BCUT2D eigenvalue weighted by atomic mass is 16.3. The van der Waals surface area contributed by atoms with E-state index in [1.54, 1.807) is 54.5 Å². The minimum absolute atomic E-state index is 0.0215. The van der Waals surface area contributed by atoms with E-state index < -0.39 is 156 Å². The van der Waals surface area contributed by atoms with E-state index in [1.165, 1.54) is 80.8 Å². The fourth-order valence-corrected chi connectivity index (χ4v) is 11.6. The highest BCUT2D eigenvalue weighted by molar-refractivity contribution is 5.99. The van der Waals surface area contributed by atoms with Gasteiger partial charge >= 0.3 is 0 Å². The van der Waals surface area contributed by atoms with Crippen molar-refractivity contribution in [3.8, 4) is 0 Å². The molecule has 11 amide bonds. The first-order valence-electron chi connectivity index (χ1n) is 33.1. The Morgan fingerprint density at radius 1 is 0.495 bits per heavy atom. The third kappa shape index (κ3) is 24.7. The number of nitrogens with zero attached hydrogens (tertiary/aromatic N) is 8. The van der Waals surface area contributed by atoms with Crippen LogP contribution in [-0.2, 0) is 52.7 Å². The van der Waals surface area contributed by atoms with Gasteiger partial charge in [0.05, 0.1) is 12.6 Å². The molecule has 1 rings (SSSR count). The molecule has 0 aliphatic carbocycles. The Hall–Kier alpha value is -6.17. The van der Waals surface area contributed by atoms with Crippen LogP contribution >= 0.6 is 0 Å². The highest BCUT2D eigenvalue weighted by Crippen LogP contribution is 2.26. The SMILES string of the molecule is C/C=C/C[C@@H](C)[C@@H](O)C1C(=O)N[C@@H](CC)C(=O)N(C)CC(=O)N(C)[C@H](CC(C)C)C(=O)N[C@@H](C(C)C)C(=O)N(C)[C@@H](CC(C)C)C(=O)N[C@@H](C)C(=O)N[C@H](CCCCN(C)C)C(=O)N(C)[C@@H](CC(C)C)C(=O)N(C)[C@@H](CC(C)C)C(=O)N(C)[C@@H](C(C)C)C(=O)N1C. The Labute approximate surface area is 546 Å². The van der Waals surface area contributed by atoms with Gasteiger partial charge in [0.2, 0.25) is 65.0 Å². The standard InChI is InChI=1S/C67H122N12O12/c1-26-28-31-45(15)57(81)56-61(85)69-47(27-2)62(86)73(19)38-53(80)74(20)49(34-39(3)4)60(84)71-54(43(11)12)66(90)75(21)50(35-40(5)6)59(83)68-46(16)58(82)70-48(32-29-30-33-72(17)18)63(87)76(22)51(36-41(7)8)64(88)77(23)52(37-42(9)10)65(89)78(24)55(44(13)14)67(91)79(56)25/h26,28,39-52,54-57,81H,27,29-38H2,1-25H3,(H,68,83)(H,69,85)(H,70,82)(H,71,84)/b28-26+/t45-,46+,47+,48-,49-,50+,51+,52+,54+,55+,56?,57-/m1/s1. The number of aliphatic hydroxyl groups is 1. The smallest absolute Gasteiger partial charge is 0.246 e. The van der Waals surface area contributed by atoms with Crippen LogP contribution in [0, 0.1) is 41.4 Å². The second-order valence-electron chi connectivity index (χ2n) is 28.2. The summed E-state index contributed by atoms with van der Waals surface area (Å²) >= 11 is 0. The first kappa shape index (κ1) is 82.8. The molecule has 24 heteroatoms. The highest BCUT2D eigenvalue weighted by Gasteiger charge is 2.46. The molecular formula is C67H122N12O12. The summed E-state index contributed by atoms with van der Waals surface area (Å²) in [5.74, 6) is -9.62. The number of amides is 11. The minimum atomic E-state index is -1.62. The molecule has 91 heavy (non-hydrogen) atoms. The van der Waals surface area contributed by atoms with E-state index in [-0.39, 0.29) is 62.2 Å². The van der Waals surface area contributed by atoms with Crippen LogP contribution in [0.4, 0.5) is 0 Å². The molecule has 0 aromatic rings. The summed E-state index contributed by atoms with van der Waals surface area (Å²) in [5, 5.41) is 23.5. The predicted octanol–water partition coefficient (Wildman–Crippen LogP) is 3.98. The predicted molar refractivity (Wildman–Crippen MR) is 355 cm³/mol. The topological polar surface area (TPSA) is 282 Å². The number of carbonyl (C=O) groups is 11. The number of aliphatic hydroxyl groups excluding tert-OH is 1. The Morgan fingerprint density at radius 2 is 0.934 bits per heavy atom. The van der Waals surface area contributed by atoms with Crippen LogP contribution in [-0.4, -0.2) is 252 Å². The Morgan fingerprint density at radius 3 is 1.40 bits per heavy atom. The van der Waals surface area contributed by atoms with Crippen molar-refractivity contribution in [2.75, 3.05) is 76.5 Å². The average molecular weight is 1290 g/mol. The molecule has 0 radical (unpaired) electrons. The molecule has 1 aliphatic heterocycles. The zero-order chi connectivity index (χ0) is 70.4. The molecule has 1 saturated heterocycles. The summed E-state index contributed by atoms with van der Waals surface area (Å²) in [4.78, 5) is 173. The van der Waals surface area contributed by atoms with Crippen LogP contribution < -0.4 is 21.3 Å². The number of hydrogen-bond donors (Lipinski definition) is 5. The van der Waals surface area contributed by atoms with Crippen molar-refractivity contribution >= 4 is 65.0 Å². The summed E-state index contributed by atoms with van der Waals surface area (Å²) in [6, 6.07) is -12.4. The lowest BCUT2D eigenvalue weighted by Gasteiger charge is -2.41. The lowest BCUT2D eigenvalue weighted by Crippen LogP contribution is -2.63. The van der Waals surface area contributed by atoms with E-state index in [1.807, 2.05) is 80.5 Å². The molecule has 1 fully saturated rings. The van der Waals surface area contributed by atoms with Gasteiger partial charge in [0.1, 0.15) is 60.4 Å². The van der Waals surface area contributed by atoms with E-state index in [9.17, 15) is 38.7 Å². The van der Waals surface area contributed by atoms with Gasteiger partial charge in [0, 0.05) is 49.3 Å². The second kappa shape index (κ2) is 38.7. The Balaban J connectivity index is 4.46. The number of rotatable bonds is 20. The van der Waals surface area contributed by atoms with Gasteiger partial charge in [-0.25, -0.2) is 0 Å². The van der Waals surface area contributed by atoms with Gasteiger partial charge in [0.15, 0.2) is 0 Å². The van der Waals surface area contributed by atoms with E-state index in [0.29, 0.717) is 25.8 Å². The third-order valence-electron chi connectivity index (χ3n) is 17.3. The van der Waals surface area contributed by atoms with Crippen LogP contribution in [0.25, 0.3) is 0 Å². The maximum atomic E-state index is 15.3. The van der Waals surface area contributed by atoms with Crippen molar-refractivity contribution < 1.29 is 57.8 Å². The van der Waals surface area contributed by atoms with Gasteiger partial charge in [-0.15, -0.1) is 0 Å². The summed E-state index contributed by atoms with van der Waals surface area (Å²) in [7, 11) is 13.9. The first-order valence-corrected chi connectivity index (χ1v) is 33.1. The number of carbonyl (C=O) groups excluding carboxylic acids is 11. The number of unbranched alkanes of at least 4 members (excludes halogenated alkanes) is 1. The molecular weight excluding hydrogens is 1160 g/mol. The van der Waals surface area contributed by atoms with Crippen LogP contribution in [0.3, 0.4) is 0 Å². The van der Waals surface area contributed by atoms with Crippen LogP contribution in [0.5, 0.6) is 0 Å². The lowest BCUT2D eigenvalue weighted by atomic mass is 9.91. The maximum absolute atomic E-state index is 15.3. The molecule has 0 saturated carbocycles. The number of likely N-dealkylation sites (N-methyl/N-ethyl adjacent to an activating group) is 7. The van der Waals surface area contributed by atoms with Gasteiger partial charge in [-0.3, -0.25) is 52.7 Å². The van der Waals surface area contributed by atoms with Crippen molar-refractivity contribution in [1.29, 1.82) is 0 Å². The molecule has 0 aromatic carbocycles. The second-order valence-corrected chi connectivity index (χ2v) is 28.2. The summed E-state index contributed by atoms with van der Waals surface area (Å²) in [6.45, 7) is 28.8. The van der Waals surface area contributed by atoms with Crippen molar-refractivity contribution in [2.24, 2.45) is 41.4 Å². The molecule has 0 aromatic heterocycles. The number of allylic oxidation sites excluding steroid dienone is 2. The summed E-state index contributed by atoms with van der Waals surface area (Å²) in [5.41, 5.74) is 0. The fraction of sp³-hybridized carbons (Fsp3) is 0.806. The fourth-order valence-electron chi connectivity index (χ4n) is 11.6. The van der Waals surface area contributed by atoms with Crippen LogP contribution in [0.1, 0.15) is 169 Å². The summed E-state index contributed by atoms with van der Waals surface area (Å²) in [6.07, 6.45) is 4.36. The lowest BCUT2D eigenvalue weighted by molar-refractivity contribution is -0.157. The van der Waals surface area contributed by atoms with Crippen molar-refractivity contribution in [1.82, 2.24) is 60.5 Å². The number of hydrogen-bond acceptors (Lipinski definition) is 13.